The van der Waals surface area contributed by atoms with Gasteiger partial charge in [0.15, 0.2) is 11.4 Å². The molecule has 88 valence electrons. The lowest BCUT2D eigenvalue weighted by molar-refractivity contribution is 0.0788. The number of pyridine rings is 1. The first-order valence-electron chi connectivity index (χ1n) is 4.48. The molecule has 16 heavy (non-hydrogen) atoms. The van der Waals surface area contributed by atoms with Crippen molar-refractivity contribution in [2.45, 2.75) is 12.6 Å². The third kappa shape index (κ3) is 2.38. The summed E-state index contributed by atoms with van der Waals surface area (Å²) < 4.78 is 1.11. The van der Waals surface area contributed by atoms with E-state index < -0.39 is 29.8 Å². The molecule has 1 rings (SSSR count). The molecular weight excluding hydrogens is 216 g/mol. The molecule has 7 heteroatoms. The van der Waals surface area contributed by atoms with Crippen molar-refractivity contribution in [3.05, 3.63) is 28.2 Å². The zero-order chi connectivity index (χ0) is 12.3. The molecule has 1 aromatic rings. The molecule has 0 saturated heterocycles. The first kappa shape index (κ1) is 12.2. The van der Waals surface area contributed by atoms with Crippen LogP contribution in [0.25, 0.3) is 0 Å². The molecule has 0 aliphatic heterocycles. The lowest BCUT2D eigenvalue weighted by Crippen LogP contribution is -2.27. The Kier molecular flexibility index (Phi) is 3.64. The molecule has 1 unspecified atom stereocenters. The number of carbonyl (C=O) groups is 1. The average molecular weight is 228 g/mol. The van der Waals surface area contributed by atoms with Crippen LogP contribution < -0.4 is 11.2 Å². The maximum atomic E-state index is 11.1. The Hall–Kier alpha value is -1.86. The van der Waals surface area contributed by atoms with Crippen LogP contribution in [0.4, 0.5) is 0 Å². The van der Waals surface area contributed by atoms with Gasteiger partial charge in [-0.25, -0.2) is 0 Å². The Labute approximate surface area is 90.4 Å². The minimum absolute atomic E-state index is 0.150. The third-order valence-electron chi connectivity index (χ3n) is 2.00. The summed E-state index contributed by atoms with van der Waals surface area (Å²) in [5, 5.41) is 27.2. The summed E-state index contributed by atoms with van der Waals surface area (Å²) in [7, 11) is 0. The molecule has 0 bridgehead atoms. The van der Waals surface area contributed by atoms with Crippen LogP contribution in [0.1, 0.15) is 10.5 Å². The smallest absolute Gasteiger partial charge is 0.269 e. The van der Waals surface area contributed by atoms with E-state index in [1.165, 1.54) is 6.20 Å². The van der Waals surface area contributed by atoms with Crippen molar-refractivity contribution in [1.82, 2.24) is 4.57 Å². The summed E-state index contributed by atoms with van der Waals surface area (Å²) in [6.45, 7) is -0.659. The molecule has 0 aliphatic rings. The molecule has 5 N–H and O–H groups in total. The summed E-state index contributed by atoms with van der Waals surface area (Å²) in [5.41, 5.74) is 3.88. The fourth-order valence-electron chi connectivity index (χ4n) is 1.26. The first-order valence-corrected chi connectivity index (χ1v) is 4.48. The first-order chi connectivity index (χ1) is 7.47. The molecule has 0 radical (unpaired) electrons. The quantitative estimate of drug-likeness (QED) is 0.474. The number of hydrogen-bond donors (Lipinski definition) is 4. The minimum Gasteiger partial charge on any atom is -0.503 e. The Bertz CT molecular complexity index is 454. The monoisotopic (exact) mass is 228 g/mol. The molecule has 1 aromatic heterocycles. The molecule has 0 saturated carbocycles. The van der Waals surface area contributed by atoms with Crippen LogP contribution in [-0.4, -0.2) is 38.5 Å². The molecule has 0 aliphatic carbocycles. The number of carbonyl (C=O) groups excluding carboxylic acids is 1. The highest BCUT2D eigenvalue weighted by atomic mass is 16.3. The molecule has 1 atom stereocenters. The summed E-state index contributed by atoms with van der Waals surface area (Å²) in [4.78, 5) is 22.1. The zero-order valence-corrected chi connectivity index (χ0v) is 8.33. The molecule has 1 heterocycles. The molecule has 1 amide bonds. The third-order valence-corrected chi connectivity index (χ3v) is 2.00. The van der Waals surface area contributed by atoms with E-state index in [0.717, 1.165) is 10.6 Å². The van der Waals surface area contributed by atoms with E-state index in [-0.39, 0.29) is 12.2 Å². The molecule has 7 nitrogen and oxygen atoms in total. The largest absolute Gasteiger partial charge is 0.503 e. The Morgan fingerprint density at radius 1 is 1.56 bits per heavy atom. The van der Waals surface area contributed by atoms with Gasteiger partial charge in [-0.3, -0.25) is 9.59 Å². The summed E-state index contributed by atoms with van der Waals surface area (Å²) in [6.07, 6.45) is 0.0982. The maximum Gasteiger partial charge on any atom is 0.269 e. The Morgan fingerprint density at radius 3 is 2.69 bits per heavy atom. The molecular formula is C9H12N2O5. The highest BCUT2D eigenvalue weighted by molar-refractivity contribution is 5.93. The highest BCUT2D eigenvalue weighted by Gasteiger charge is 2.16. The molecule has 0 aromatic carbocycles. The number of nitrogens with two attached hydrogens (primary N) is 1. The van der Waals surface area contributed by atoms with Gasteiger partial charge in [0.1, 0.15) is 0 Å². The molecule has 0 spiro atoms. The molecule has 0 fully saturated rings. The van der Waals surface area contributed by atoms with Crippen LogP contribution in [0, 0.1) is 0 Å². The van der Waals surface area contributed by atoms with Gasteiger partial charge in [-0.15, -0.1) is 0 Å². The number of hydrogen-bond acceptors (Lipinski definition) is 5. The van der Waals surface area contributed by atoms with E-state index >= 15 is 0 Å². The Morgan fingerprint density at radius 2 is 2.19 bits per heavy atom. The van der Waals surface area contributed by atoms with E-state index in [2.05, 4.69) is 0 Å². The number of aliphatic hydroxyl groups is 2. The van der Waals surface area contributed by atoms with Crippen molar-refractivity contribution in [2.24, 2.45) is 5.73 Å². The second-order valence-corrected chi connectivity index (χ2v) is 3.23. The van der Waals surface area contributed by atoms with E-state index in [9.17, 15) is 19.8 Å². The van der Waals surface area contributed by atoms with Gasteiger partial charge in [-0.1, -0.05) is 0 Å². The van der Waals surface area contributed by atoms with Crippen LogP contribution in [0.2, 0.25) is 0 Å². The SMILES string of the molecule is NC(=O)c1c(O)c(=O)ccn1CC(O)CO. The van der Waals surface area contributed by atoms with Gasteiger partial charge in [-0.05, 0) is 0 Å². The van der Waals surface area contributed by atoms with Crippen molar-refractivity contribution in [3.63, 3.8) is 0 Å². The summed E-state index contributed by atoms with van der Waals surface area (Å²) >= 11 is 0. The average Bonchev–Trinajstić information content (AvgIpc) is 2.23. The van der Waals surface area contributed by atoms with Crippen LogP contribution in [0.3, 0.4) is 0 Å². The summed E-state index contributed by atoms with van der Waals surface area (Å²) in [5.74, 6) is -1.75. The van der Waals surface area contributed by atoms with Crippen molar-refractivity contribution in [2.75, 3.05) is 6.61 Å². The topological polar surface area (TPSA) is 126 Å². The van der Waals surface area contributed by atoms with Gasteiger partial charge in [0, 0.05) is 12.3 Å². The predicted molar refractivity (Wildman–Crippen MR) is 54.0 cm³/mol. The standard InChI is InChI=1S/C9H12N2O5/c10-9(16)7-8(15)6(14)1-2-11(7)3-5(13)4-12/h1-2,5,12-13,15H,3-4H2,(H2,10,16). The predicted octanol–water partition coefficient (Wildman–Crippen LogP) is -1.99. The number of aromatic hydroxyl groups is 1. The minimum atomic E-state index is -1.11. The van der Waals surface area contributed by atoms with E-state index in [1.54, 1.807) is 0 Å². The van der Waals surface area contributed by atoms with Gasteiger partial charge < -0.3 is 25.6 Å². The number of primary amides is 1. The summed E-state index contributed by atoms with van der Waals surface area (Å²) in [6, 6.07) is 1.03. The van der Waals surface area contributed by atoms with Crippen LogP contribution in [0.5, 0.6) is 5.75 Å². The lowest BCUT2D eigenvalue weighted by atomic mass is 10.2. The normalized spacial score (nSPS) is 12.4. The number of amides is 1. The van der Waals surface area contributed by atoms with Gasteiger partial charge in [0.25, 0.3) is 5.91 Å². The van der Waals surface area contributed by atoms with Gasteiger partial charge in [0.2, 0.25) is 5.43 Å². The zero-order valence-electron chi connectivity index (χ0n) is 8.33. The van der Waals surface area contributed by atoms with Gasteiger partial charge in [0.05, 0.1) is 19.3 Å². The fraction of sp³-hybridized carbons (Fsp3) is 0.333. The van der Waals surface area contributed by atoms with E-state index in [4.69, 9.17) is 10.8 Å². The highest BCUT2D eigenvalue weighted by Crippen LogP contribution is 2.10. The number of aromatic nitrogens is 1. The number of aliphatic hydroxyl groups excluding tert-OH is 2. The van der Waals surface area contributed by atoms with Crippen LogP contribution in [0.15, 0.2) is 17.1 Å². The second-order valence-electron chi connectivity index (χ2n) is 3.23. The van der Waals surface area contributed by atoms with Gasteiger partial charge >= 0.3 is 0 Å². The maximum absolute atomic E-state index is 11.1. The van der Waals surface area contributed by atoms with Gasteiger partial charge in [-0.2, -0.15) is 0 Å². The van der Waals surface area contributed by atoms with Crippen LogP contribution in [-0.2, 0) is 6.54 Å². The van der Waals surface area contributed by atoms with Crippen molar-refractivity contribution in [1.29, 1.82) is 0 Å². The van der Waals surface area contributed by atoms with Crippen molar-refractivity contribution >= 4 is 5.91 Å². The number of rotatable bonds is 4. The van der Waals surface area contributed by atoms with Crippen molar-refractivity contribution < 1.29 is 20.1 Å². The number of nitrogens with zero attached hydrogens (tertiary/aromatic N) is 1. The van der Waals surface area contributed by atoms with Crippen molar-refractivity contribution in [3.8, 4) is 5.75 Å². The van der Waals surface area contributed by atoms with E-state index in [0.29, 0.717) is 0 Å². The Balaban J connectivity index is 3.24. The lowest BCUT2D eigenvalue weighted by Gasteiger charge is -2.14. The van der Waals surface area contributed by atoms with Crippen LogP contribution >= 0.6 is 0 Å². The second kappa shape index (κ2) is 4.77. The fourth-order valence-corrected chi connectivity index (χ4v) is 1.26. The van der Waals surface area contributed by atoms with E-state index in [1.807, 2.05) is 0 Å².